The molecule has 0 aliphatic carbocycles. The van der Waals surface area contributed by atoms with Gasteiger partial charge in [-0.1, -0.05) is 55.1 Å². The lowest BCUT2D eigenvalue weighted by Crippen LogP contribution is -2.12. The van der Waals surface area contributed by atoms with Gasteiger partial charge in [0.15, 0.2) is 0 Å². The summed E-state index contributed by atoms with van der Waals surface area (Å²) in [6.45, 7) is 4.31. The predicted octanol–water partition coefficient (Wildman–Crippen LogP) is 4.60. The Morgan fingerprint density at radius 1 is 1.00 bits per heavy atom. The molecule has 3 N–H and O–H groups in total. The molecule has 0 aliphatic rings. The highest BCUT2D eigenvalue weighted by atomic mass is 19.1. The highest BCUT2D eigenvalue weighted by Gasteiger charge is 2.11. The van der Waals surface area contributed by atoms with Crippen molar-refractivity contribution in [2.45, 2.75) is 6.54 Å². The van der Waals surface area contributed by atoms with E-state index in [1.165, 1.54) is 12.1 Å². The molecule has 0 unspecified atom stereocenters. The van der Waals surface area contributed by atoms with Crippen LogP contribution in [0.5, 0.6) is 0 Å². The number of anilines is 1. The van der Waals surface area contributed by atoms with E-state index in [0.717, 1.165) is 22.4 Å². The summed E-state index contributed by atoms with van der Waals surface area (Å²) in [5, 5.41) is 3.37. The molecule has 3 aromatic carbocycles. The number of hydrogen-bond donors (Lipinski definition) is 2. The normalized spacial score (nSPS) is 10.3. The van der Waals surface area contributed by atoms with Gasteiger partial charge in [0.1, 0.15) is 5.82 Å². The topological polar surface area (TPSA) is 55.1 Å². The van der Waals surface area contributed by atoms with Gasteiger partial charge in [-0.15, -0.1) is 0 Å². The number of rotatable bonds is 6. The van der Waals surface area contributed by atoms with Gasteiger partial charge in [-0.25, -0.2) is 4.39 Å². The number of carbonyl (C=O) groups excluding carboxylic acids is 1. The van der Waals surface area contributed by atoms with Crippen molar-refractivity contribution in [3.05, 3.63) is 96.3 Å². The minimum atomic E-state index is -0.545. The second-order valence-electron chi connectivity index (χ2n) is 5.95. The number of amides is 1. The highest BCUT2D eigenvalue weighted by molar-refractivity contribution is 6.18. The second kappa shape index (κ2) is 7.66. The lowest BCUT2D eigenvalue weighted by atomic mass is 9.97. The largest absolute Gasteiger partial charge is 0.380 e. The quantitative estimate of drug-likeness (QED) is 0.641. The van der Waals surface area contributed by atoms with Crippen molar-refractivity contribution in [3.63, 3.8) is 0 Å². The number of benzene rings is 3. The van der Waals surface area contributed by atoms with Gasteiger partial charge in [0.2, 0.25) is 5.91 Å². The molecule has 0 atom stereocenters. The fourth-order valence-electron chi connectivity index (χ4n) is 2.68. The zero-order valence-electron chi connectivity index (χ0n) is 14.2. The van der Waals surface area contributed by atoms with Crippen LogP contribution >= 0.6 is 0 Å². The molecule has 0 radical (unpaired) electrons. The van der Waals surface area contributed by atoms with Crippen LogP contribution in [0.15, 0.2) is 79.4 Å². The van der Waals surface area contributed by atoms with Crippen molar-refractivity contribution >= 4 is 17.2 Å². The number of nitrogens with two attached hydrogens (primary N) is 1. The molecule has 0 spiro atoms. The van der Waals surface area contributed by atoms with Crippen molar-refractivity contribution < 1.29 is 9.18 Å². The van der Waals surface area contributed by atoms with Crippen LogP contribution < -0.4 is 11.1 Å². The molecule has 4 heteroatoms. The minimum absolute atomic E-state index is 0.256. The summed E-state index contributed by atoms with van der Waals surface area (Å²) in [5.41, 5.74) is 10.1. The van der Waals surface area contributed by atoms with Crippen LogP contribution in [-0.2, 0) is 11.3 Å². The van der Waals surface area contributed by atoms with Gasteiger partial charge in [-0.2, -0.15) is 0 Å². The van der Waals surface area contributed by atoms with Gasteiger partial charge >= 0.3 is 0 Å². The van der Waals surface area contributed by atoms with E-state index >= 15 is 0 Å². The zero-order chi connectivity index (χ0) is 18.5. The third-order valence-electron chi connectivity index (χ3n) is 4.15. The first-order valence-electron chi connectivity index (χ1n) is 8.21. The first kappa shape index (κ1) is 17.4. The van der Waals surface area contributed by atoms with E-state index in [2.05, 4.69) is 11.9 Å². The SMILES string of the molecule is C=C(C(N)=O)c1ccc(NCc2ccc(F)cc2)c(-c2ccccc2)c1. The fraction of sp³-hybridized carbons (Fsp3) is 0.0455. The Balaban J connectivity index is 1.94. The molecule has 0 heterocycles. The van der Waals surface area contributed by atoms with Gasteiger partial charge in [0.05, 0.1) is 0 Å². The van der Waals surface area contributed by atoms with E-state index < -0.39 is 5.91 Å². The maximum atomic E-state index is 13.1. The summed E-state index contributed by atoms with van der Waals surface area (Å²) >= 11 is 0. The van der Waals surface area contributed by atoms with Crippen molar-refractivity contribution in [1.29, 1.82) is 0 Å². The molecule has 3 rings (SSSR count). The number of carbonyl (C=O) groups is 1. The van der Waals surface area contributed by atoms with Crippen molar-refractivity contribution in [1.82, 2.24) is 0 Å². The summed E-state index contributed by atoms with van der Waals surface area (Å²) in [6.07, 6.45) is 0. The monoisotopic (exact) mass is 346 g/mol. The zero-order valence-corrected chi connectivity index (χ0v) is 14.2. The Labute approximate surface area is 152 Å². The van der Waals surface area contributed by atoms with E-state index in [1.54, 1.807) is 12.1 Å². The van der Waals surface area contributed by atoms with E-state index in [0.29, 0.717) is 12.1 Å². The molecule has 3 aromatic rings. The molecule has 0 saturated heterocycles. The molecule has 0 fully saturated rings. The molecular formula is C22H19FN2O. The van der Waals surface area contributed by atoms with Crippen molar-refractivity contribution in [2.75, 3.05) is 5.32 Å². The second-order valence-corrected chi connectivity index (χ2v) is 5.95. The molecule has 1 amide bonds. The smallest absolute Gasteiger partial charge is 0.248 e. The minimum Gasteiger partial charge on any atom is -0.380 e. The van der Waals surface area contributed by atoms with Gasteiger partial charge in [0.25, 0.3) is 0 Å². The average molecular weight is 346 g/mol. The Kier molecular flexibility index (Phi) is 5.13. The molecule has 0 bridgehead atoms. The number of primary amides is 1. The lowest BCUT2D eigenvalue weighted by molar-refractivity contribution is -0.112. The van der Waals surface area contributed by atoms with Gasteiger partial charge in [-0.3, -0.25) is 4.79 Å². The molecule has 3 nitrogen and oxygen atoms in total. The summed E-state index contributed by atoms with van der Waals surface area (Å²) < 4.78 is 13.1. The molecular weight excluding hydrogens is 327 g/mol. The first-order valence-corrected chi connectivity index (χ1v) is 8.21. The maximum absolute atomic E-state index is 13.1. The number of hydrogen-bond acceptors (Lipinski definition) is 2. The number of nitrogens with one attached hydrogen (secondary N) is 1. The van der Waals surface area contributed by atoms with Gasteiger partial charge in [-0.05, 0) is 41.0 Å². The van der Waals surface area contributed by atoms with Crippen LogP contribution in [0.1, 0.15) is 11.1 Å². The van der Waals surface area contributed by atoms with Gasteiger partial charge in [0, 0.05) is 23.4 Å². The fourth-order valence-corrected chi connectivity index (χ4v) is 2.68. The predicted molar refractivity (Wildman–Crippen MR) is 104 cm³/mol. The first-order chi connectivity index (χ1) is 12.5. The Morgan fingerprint density at radius 3 is 2.35 bits per heavy atom. The van der Waals surface area contributed by atoms with Crippen LogP contribution in [0.4, 0.5) is 10.1 Å². The Morgan fingerprint density at radius 2 is 1.69 bits per heavy atom. The van der Waals surface area contributed by atoms with Crippen LogP contribution in [0.3, 0.4) is 0 Å². The summed E-state index contributed by atoms with van der Waals surface area (Å²) in [4.78, 5) is 11.4. The molecule has 26 heavy (non-hydrogen) atoms. The van der Waals surface area contributed by atoms with Crippen LogP contribution in [0.2, 0.25) is 0 Å². The average Bonchev–Trinajstić information content (AvgIpc) is 2.67. The van der Waals surface area contributed by atoms with E-state index in [-0.39, 0.29) is 11.4 Å². The molecule has 0 saturated carbocycles. The van der Waals surface area contributed by atoms with Crippen LogP contribution in [-0.4, -0.2) is 5.91 Å². The van der Waals surface area contributed by atoms with E-state index in [9.17, 15) is 9.18 Å². The summed E-state index contributed by atoms with van der Waals surface area (Å²) in [6, 6.07) is 21.8. The van der Waals surface area contributed by atoms with E-state index in [1.807, 2.05) is 48.5 Å². The van der Waals surface area contributed by atoms with E-state index in [4.69, 9.17) is 5.73 Å². The van der Waals surface area contributed by atoms with Crippen molar-refractivity contribution in [2.24, 2.45) is 5.73 Å². The maximum Gasteiger partial charge on any atom is 0.248 e. The Hall–Kier alpha value is -3.40. The molecule has 0 aliphatic heterocycles. The molecule has 130 valence electrons. The molecule has 0 aromatic heterocycles. The third-order valence-corrected chi connectivity index (χ3v) is 4.15. The summed E-state index contributed by atoms with van der Waals surface area (Å²) in [5.74, 6) is -0.802. The Bertz CT molecular complexity index is 934. The highest BCUT2D eigenvalue weighted by Crippen LogP contribution is 2.31. The van der Waals surface area contributed by atoms with Gasteiger partial charge < -0.3 is 11.1 Å². The lowest BCUT2D eigenvalue weighted by Gasteiger charge is -2.15. The standard InChI is InChI=1S/C22H19FN2O/c1-15(22(24)26)18-9-12-21(20(13-18)17-5-3-2-4-6-17)25-14-16-7-10-19(23)11-8-16/h2-13,25H,1,14H2,(H2,24,26). The number of halogens is 1. The van der Waals surface area contributed by atoms with Crippen LogP contribution in [0, 0.1) is 5.82 Å². The van der Waals surface area contributed by atoms with Crippen LogP contribution in [0.25, 0.3) is 16.7 Å². The summed E-state index contributed by atoms with van der Waals surface area (Å²) in [7, 11) is 0. The third kappa shape index (κ3) is 3.98. The van der Waals surface area contributed by atoms with Crippen molar-refractivity contribution in [3.8, 4) is 11.1 Å².